The zero-order chi connectivity index (χ0) is 18.0. The quantitative estimate of drug-likeness (QED) is 0.593. The summed E-state index contributed by atoms with van der Waals surface area (Å²) in [6, 6.07) is 8.13. The number of aromatic nitrogens is 4. The number of aryl methyl sites for hydroxylation is 2. The summed E-state index contributed by atoms with van der Waals surface area (Å²) in [4.78, 5) is 9.20. The summed E-state index contributed by atoms with van der Waals surface area (Å²) in [7, 11) is 0. The first-order valence-electron chi connectivity index (χ1n) is 8.50. The van der Waals surface area contributed by atoms with E-state index < -0.39 is 0 Å². The highest BCUT2D eigenvalue weighted by Gasteiger charge is 2.15. The van der Waals surface area contributed by atoms with Gasteiger partial charge < -0.3 is 9.09 Å². The summed E-state index contributed by atoms with van der Waals surface area (Å²) in [6.07, 6.45) is 0. The topological polar surface area (TPSA) is 56.7 Å². The Bertz CT molecular complexity index is 849. The maximum Gasteiger partial charge on any atom is 0.237 e. The van der Waals surface area contributed by atoms with Crippen molar-refractivity contribution >= 4 is 11.8 Å². The van der Waals surface area contributed by atoms with Crippen molar-refractivity contribution in [2.45, 2.75) is 52.1 Å². The van der Waals surface area contributed by atoms with E-state index in [1.807, 2.05) is 24.3 Å². The van der Waals surface area contributed by atoms with Crippen LogP contribution >= 0.6 is 11.8 Å². The Morgan fingerprint density at radius 2 is 1.80 bits per heavy atom. The van der Waals surface area contributed by atoms with Gasteiger partial charge in [0, 0.05) is 17.8 Å². The van der Waals surface area contributed by atoms with Crippen molar-refractivity contribution in [3.8, 4) is 11.4 Å². The first kappa shape index (κ1) is 17.7. The highest BCUT2D eigenvalue weighted by atomic mass is 32.2. The average molecular weight is 356 g/mol. The van der Waals surface area contributed by atoms with Crippen LogP contribution in [0.25, 0.3) is 11.4 Å². The van der Waals surface area contributed by atoms with Crippen molar-refractivity contribution < 1.29 is 4.52 Å². The summed E-state index contributed by atoms with van der Waals surface area (Å²) < 4.78 is 7.69. The molecule has 0 amide bonds. The zero-order valence-corrected chi connectivity index (χ0v) is 16.2. The molecule has 2 aromatic heterocycles. The standard InChI is InChI=1S/C19H24N4OS/c1-12(2)10-23-15(5)14(4)20-19(23)25-11-17-21-18(22-24-17)16-8-6-13(3)7-9-16/h6-9,12H,10-11H2,1-5H3. The minimum absolute atomic E-state index is 0.572. The molecule has 3 aromatic rings. The van der Waals surface area contributed by atoms with Crippen LogP contribution in [0.4, 0.5) is 0 Å². The summed E-state index contributed by atoms with van der Waals surface area (Å²) in [6.45, 7) is 11.6. The van der Waals surface area contributed by atoms with E-state index in [-0.39, 0.29) is 0 Å². The van der Waals surface area contributed by atoms with Crippen molar-refractivity contribution in [3.63, 3.8) is 0 Å². The first-order valence-corrected chi connectivity index (χ1v) is 9.48. The largest absolute Gasteiger partial charge is 0.338 e. The second kappa shape index (κ2) is 7.44. The second-order valence-corrected chi connectivity index (χ2v) is 7.68. The van der Waals surface area contributed by atoms with E-state index in [1.54, 1.807) is 11.8 Å². The monoisotopic (exact) mass is 356 g/mol. The van der Waals surface area contributed by atoms with Gasteiger partial charge in [-0.05, 0) is 26.7 Å². The molecule has 0 bridgehead atoms. The second-order valence-electron chi connectivity index (χ2n) is 6.74. The van der Waals surface area contributed by atoms with Gasteiger partial charge in [-0.3, -0.25) is 0 Å². The predicted molar refractivity (Wildman–Crippen MR) is 101 cm³/mol. The molecule has 6 heteroatoms. The number of thioether (sulfide) groups is 1. The Labute approximate surface area is 152 Å². The van der Waals surface area contributed by atoms with Crippen LogP contribution in [-0.2, 0) is 12.3 Å². The molecule has 0 aliphatic carbocycles. The molecule has 0 saturated carbocycles. The van der Waals surface area contributed by atoms with Gasteiger partial charge in [-0.2, -0.15) is 4.98 Å². The Morgan fingerprint density at radius 3 is 2.48 bits per heavy atom. The third-order valence-corrected chi connectivity index (χ3v) is 5.03. The van der Waals surface area contributed by atoms with Crippen LogP contribution in [0.3, 0.4) is 0 Å². The van der Waals surface area contributed by atoms with E-state index in [1.165, 1.54) is 11.3 Å². The van der Waals surface area contributed by atoms with Crippen molar-refractivity contribution in [2.24, 2.45) is 5.92 Å². The van der Waals surface area contributed by atoms with Crippen molar-refractivity contribution in [1.29, 1.82) is 0 Å². The van der Waals surface area contributed by atoms with Gasteiger partial charge in [-0.15, -0.1) is 0 Å². The van der Waals surface area contributed by atoms with Crippen LogP contribution in [0.5, 0.6) is 0 Å². The molecule has 0 spiro atoms. The molecule has 25 heavy (non-hydrogen) atoms. The molecule has 3 rings (SSSR count). The zero-order valence-electron chi connectivity index (χ0n) is 15.4. The fourth-order valence-corrected chi connectivity index (χ4v) is 3.51. The van der Waals surface area contributed by atoms with E-state index in [9.17, 15) is 0 Å². The molecule has 132 valence electrons. The summed E-state index contributed by atoms with van der Waals surface area (Å²) in [5.74, 6) is 2.44. The molecular weight excluding hydrogens is 332 g/mol. The van der Waals surface area contributed by atoms with Gasteiger partial charge in [0.2, 0.25) is 11.7 Å². The van der Waals surface area contributed by atoms with Crippen LogP contribution in [0.15, 0.2) is 33.9 Å². The molecule has 0 saturated heterocycles. The molecule has 0 fully saturated rings. The number of hydrogen-bond donors (Lipinski definition) is 0. The Hall–Kier alpha value is -2.08. The van der Waals surface area contributed by atoms with E-state index in [0.717, 1.165) is 23.0 Å². The number of nitrogens with zero attached hydrogens (tertiary/aromatic N) is 4. The van der Waals surface area contributed by atoms with Crippen molar-refractivity contribution in [2.75, 3.05) is 0 Å². The Kier molecular flexibility index (Phi) is 5.27. The minimum Gasteiger partial charge on any atom is -0.338 e. The maximum absolute atomic E-state index is 5.41. The molecule has 2 heterocycles. The van der Waals surface area contributed by atoms with Crippen LogP contribution in [0.1, 0.15) is 36.7 Å². The van der Waals surface area contributed by atoms with Gasteiger partial charge in [0.05, 0.1) is 11.4 Å². The first-order chi connectivity index (χ1) is 11.9. The third-order valence-electron chi connectivity index (χ3n) is 4.07. The molecule has 0 N–H and O–H groups in total. The van der Waals surface area contributed by atoms with Crippen LogP contribution in [0.2, 0.25) is 0 Å². The highest BCUT2D eigenvalue weighted by Crippen LogP contribution is 2.26. The fourth-order valence-electron chi connectivity index (χ4n) is 2.57. The van der Waals surface area contributed by atoms with Crippen molar-refractivity contribution in [1.82, 2.24) is 19.7 Å². The third kappa shape index (κ3) is 4.12. The number of imidazole rings is 1. The Balaban J connectivity index is 1.72. The molecule has 0 atom stereocenters. The minimum atomic E-state index is 0.572. The summed E-state index contributed by atoms with van der Waals surface area (Å²) >= 11 is 1.64. The maximum atomic E-state index is 5.41. The highest BCUT2D eigenvalue weighted by molar-refractivity contribution is 7.98. The van der Waals surface area contributed by atoms with Crippen LogP contribution in [0, 0.1) is 26.7 Å². The van der Waals surface area contributed by atoms with Gasteiger partial charge >= 0.3 is 0 Å². The number of hydrogen-bond acceptors (Lipinski definition) is 5. The van der Waals surface area contributed by atoms with Crippen LogP contribution < -0.4 is 0 Å². The van der Waals surface area contributed by atoms with Gasteiger partial charge in [-0.25, -0.2) is 4.98 Å². The molecule has 0 aliphatic heterocycles. The van der Waals surface area contributed by atoms with Crippen molar-refractivity contribution in [3.05, 3.63) is 47.1 Å². The van der Waals surface area contributed by atoms with E-state index in [2.05, 4.69) is 54.3 Å². The molecule has 5 nitrogen and oxygen atoms in total. The average Bonchev–Trinajstić information content (AvgIpc) is 3.14. The lowest BCUT2D eigenvalue weighted by molar-refractivity contribution is 0.391. The SMILES string of the molecule is Cc1ccc(-c2noc(CSc3nc(C)c(C)n3CC(C)C)n2)cc1. The van der Waals surface area contributed by atoms with Gasteiger partial charge in [-0.1, -0.05) is 60.6 Å². The van der Waals surface area contributed by atoms with E-state index >= 15 is 0 Å². The molecule has 1 aromatic carbocycles. The fraction of sp³-hybridized carbons (Fsp3) is 0.421. The van der Waals surface area contributed by atoms with Gasteiger partial charge in [0.15, 0.2) is 5.16 Å². The summed E-state index contributed by atoms with van der Waals surface area (Å²) in [5, 5.41) is 5.11. The number of rotatable bonds is 6. The molecular formula is C19H24N4OS. The smallest absolute Gasteiger partial charge is 0.237 e. The molecule has 0 unspecified atom stereocenters. The molecule has 0 radical (unpaired) electrons. The molecule has 0 aliphatic rings. The van der Waals surface area contributed by atoms with Gasteiger partial charge in [0.1, 0.15) is 0 Å². The lowest BCUT2D eigenvalue weighted by atomic mass is 10.1. The van der Waals surface area contributed by atoms with Crippen LogP contribution in [-0.4, -0.2) is 19.7 Å². The van der Waals surface area contributed by atoms with E-state index in [0.29, 0.717) is 23.4 Å². The van der Waals surface area contributed by atoms with Gasteiger partial charge in [0.25, 0.3) is 0 Å². The predicted octanol–water partition coefficient (Wildman–Crippen LogP) is 4.81. The lowest BCUT2D eigenvalue weighted by Crippen LogP contribution is -2.07. The number of benzene rings is 1. The van der Waals surface area contributed by atoms with E-state index in [4.69, 9.17) is 4.52 Å². The normalized spacial score (nSPS) is 11.4. The lowest BCUT2D eigenvalue weighted by Gasteiger charge is -2.11. The Morgan fingerprint density at radius 1 is 1.08 bits per heavy atom. The summed E-state index contributed by atoms with van der Waals surface area (Å²) in [5.41, 5.74) is 4.49.